The van der Waals surface area contributed by atoms with Crippen LogP contribution in [0.1, 0.15) is 26.7 Å². The van der Waals surface area contributed by atoms with Crippen LogP contribution >= 0.6 is 0 Å². The number of nitrogens with zero attached hydrogens (tertiary/aromatic N) is 3. The molecule has 2 aliphatic heterocycles. The van der Waals surface area contributed by atoms with Gasteiger partial charge in [0.1, 0.15) is 6.04 Å². The van der Waals surface area contributed by atoms with Gasteiger partial charge >= 0.3 is 6.03 Å². The smallest absolute Gasteiger partial charge is 0.327 e. The summed E-state index contributed by atoms with van der Waals surface area (Å²) in [7, 11) is 0. The first-order valence-electron chi connectivity index (χ1n) is 7.87. The van der Waals surface area contributed by atoms with Gasteiger partial charge in [-0.2, -0.15) is 0 Å². The molecule has 8 nitrogen and oxygen atoms in total. The number of fused-ring (bicyclic) bond motifs is 1. The van der Waals surface area contributed by atoms with E-state index in [0.29, 0.717) is 6.54 Å². The Balaban J connectivity index is 2.03. The molecule has 0 saturated carbocycles. The standard InChI is InChI=1S/C16H23N3O5/c1-4-5-19-14(23)11-10-17(6-7-18(11)15(19)24)12(20)8-16(2,3)9-13(21)22/h4,11H,1,5-10H2,2-3H3,(H,21,22)/p-1/t11-/m0/s1. The third-order valence-electron chi connectivity index (χ3n) is 4.33. The second-order valence-corrected chi connectivity index (χ2v) is 6.96. The van der Waals surface area contributed by atoms with Gasteiger partial charge in [0.15, 0.2) is 0 Å². The SMILES string of the molecule is C=CCN1C(=O)[C@@H]2CN(C(=O)CC(C)(C)CC(=O)[O-])CCN2C1=O. The fourth-order valence-electron chi connectivity index (χ4n) is 3.15. The highest BCUT2D eigenvalue weighted by Crippen LogP contribution is 2.27. The minimum atomic E-state index is -1.20. The maximum atomic E-state index is 12.4. The number of carbonyl (C=O) groups is 4. The van der Waals surface area contributed by atoms with Crippen molar-refractivity contribution in [1.82, 2.24) is 14.7 Å². The molecule has 4 amide bonds. The highest BCUT2D eigenvalue weighted by molar-refractivity contribution is 6.05. The molecule has 0 N–H and O–H groups in total. The third-order valence-corrected chi connectivity index (χ3v) is 4.33. The average molecular weight is 336 g/mol. The van der Waals surface area contributed by atoms with Crippen LogP contribution in [0.2, 0.25) is 0 Å². The summed E-state index contributed by atoms with van der Waals surface area (Å²) in [6.07, 6.45) is 1.32. The number of aliphatic carboxylic acids is 1. The zero-order valence-electron chi connectivity index (χ0n) is 14.0. The van der Waals surface area contributed by atoms with E-state index in [1.165, 1.54) is 15.9 Å². The van der Waals surface area contributed by atoms with Crippen LogP contribution in [0, 0.1) is 5.41 Å². The molecular formula is C16H22N3O5-. The Morgan fingerprint density at radius 1 is 1.29 bits per heavy atom. The van der Waals surface area contributed by atoms with Crippen molar-refractivity contribution >= 4 is 23.8 Å². The van der Waals surface area contributed by atoms with Gasteiger partial charge in [-0.3, -0.25) is 14.5 Å². The van der Waals surface area contributed by atoms with Crippen LogP contribution in [0.25, 0.3) is 0 Å². The highest BCUT2D eigenvalue weighted by atomic mass is 16.4. The number of piperazine rings is 1. The van der Waals surface area contributed by atoms with Crippen molar-refractivity contribution in [2.24, 2.45) is 5.41 Å². The summed E-state index contributed by atoms with van der Waals surface area (Å²) in [5.74, 6) is -1.75. The fraction of sp³-hybridized carbons (Fsp3) is 0.625. The van der Waals surface area contributed by atoms with Gasteiger partial charge in [-0.05, 0) is 11.8 Å². The Hall–Kier alpha value is -2.38. The van der Waals surface area contributed by atoms with E-state index in [1.807, 2.05) is 0 Å². The molecule has 0 bridgehead atoms. The number of amides is 4. The summed E-state index contributed by atoms with van der Waals surface area (Å²) in [6.45, 7) is 7.82. The molecular weight excluding hydrogens is 314 g/mol. The molecule has 8 heteroatoms. The molecule has 2 fully saturated rings. The number of carbonyl (C=O) groups excluding carboxylic acids is 4. The molecule has 24 heavy (non-hydrogen) atoms. The molecule has 2 saturated heterocycles. The number of carboxylic acids is 1. The summed E-state index contributed by atoms with van der Waals surface area (Å²) in [4.78, 5) is 51.8. The van der Waals surface area contributed by atoms with Crippen molar-refractivity contribution in [3.05, 3.63) is 12.7 Å². The van der Waals surface area contributed by atoms with Crippen LogP contribution in [0.15, 0.2) is 12.7 Å². The van der Waals surface area contributed by atoms with E-state index in [1.54, 1.807) is 13.8 Å². The summed E-state index contributed by atoms with van der Waals surface area (Å²) in [6, 6.07) is -1.02. The number of hydrogen-bond donors (Lipinski definition) is 0. The van der Waals surface area contributed by atoms with E-state index in [2.05, 4.69) is 6.58 Å². The van der Waals surface area contributed by atoms with Crippen LogP contribution in [0.5, 0.6) is 0 Å². The maximum absolute atomic E-state index is 12.4. The van der Waals surface area contributed by atoms with Crippen LogP contribution < -0.4 is 5.11 Å². The summed E-state index contributed by atoms with van der Waals surface area (Å²) < 4.78 is 0. The Labute approximate surface area is 140 Å². The number of hydrogen-bond acceptors (Lipinski definition) is 5. The molecule has 0 aliphatic carbocycles. The first kappa shape index (κ1) is 18.0. The molecule has 132 valence electrons. The van der Waals surface area contributed by atoms with Crippen LogP contribution in [-0.2, 0) is 14.4 Å². The second-order valence-electron chi connectivity index (χ2n) is 6.96. The van der Waals surface area contributed by atoms with Crippen molar-refractivity contribution in [2.45, 2.75) is 32.7 Å². The van der Waals surface area contributed by atoms with Gasteiger partial charge in [0.2, 0.25) is 5.91 Å². The lowest BCUT2D eigenvalue weighted by molar-refractivity contribution is -0.307. The molecule has 0 aromatic carbocycles. The van der Waals surface area contributed by atoms with Crippen molar-refractivity contribution in [3.8, 4) is 0 Å². The number of imide groups is 1. The lowest BCUT2D eigenvalue weighted by atomic mass is 9.85. The lowest BCUT2D eigenvalue weighted by Crippen LogP contribution is -2.55. The van der Waals surface area contributed by atoms with Crippen LogP contribution in [0.4, 0.5) is 4.79 Å². The zero-order chi connectivity index (χ0) is 18.1. The monoisotopic (exact) mass is 336 g/mol. The fourth-order valence-corrected chi connectivity index (χ4v) is 3.15. The van der Waals surface area contributed by atoms with Gasteiger partial charge in [0.25, 0.3) is 5.91 Å². The number of rotatable bonds is 6. The molecule has 0 unspecified atom stereocenters. The van der Waals surface area contributed by atoms with Gasteiger partial charge in [-0.25, -0.2) is 4.79 Å². The van der Waals surface area contributed by atoms with E-state index in [4.69, 9.17) is 0 Å². The molecule has 2 aliphatic rings. The largest absolute Gasteiger partial charge is 0.550 e. The molecule has 2 rings (SSSR count). The van der Waals surface area contributed by atoms with Gasteiger partial charge in [0.05, 0.1) is 6.54 Å². The minimum Gasteiger partial charge on any atom is -0.550 e. The van der Waals surface area contributed by atoms with Crippen molar-refractivity contribution in [2.75, 3.05) is 26.2 Å². The highest BCUT2D eigenvalue weighted by Gasteiger charge is 2.47. The number of carboxylic acid groups (broad SMARTS) is 1. The first-order chi connectivity index (χ1) is 11.2. The molecule has 1 atom stereocenters. The van der Waals surface area contributed by atoms with Gasteiger partial charge in [-0.15, -0.1) is 6.58 Å². The lowest BCUT2D eigenvalue weighted by Gasteiger charge is -2.37. The normalized spacial score (nSPS) is 21.1. The Morgan fingerprint density at radius 3 is 2.54 bits per heavy atom. The molecule has 2 heterocycles. The van der Waals surface area contributed by atoms with E-state index >= 15 is 0 Å². The minimum absolute atomic E-state index is 0.0478. The topological polar surface area (TPSA) is 101 Å². The predicted molar refractivity (Wildman–Crippen MR) is 82.4 cm³/mol. The molecule has 0 aromatic rings. The van der Waals surface area contributed by atoms with E-state index in [0.717, 1.165) is 4.90 Å². The van der Waals surface area contributed by atoms with Crippen LogP contribution in [-0.4, -0.2) is 70.7 Å². The summed E-state index contributed by atoms with van der Waals surface area (Å²) >= 11 is 0. The van der Waals surface area contributed by atoms with Crippen molar-refractivity contribution in [1.29, 1.82) is 0 Å². The summed E-state index contributed by atoms with van der Waals surface area (Å²) in [5.41, 5.74) is -0.725. The Kier molecular flexibility index (Phi) is 4.96. The van der Waals surface area contributed by atoms with Gasteiger partial charge < -0.3 is 19.7 Å². The van der Waals surface area contributed by atoms with Gasteiger partial charge in [0, 0.05) is 32.0 Å². The first-order valence-corrected chi connectivity index (χ1v) is 7.87. The number of urea groups is 1. The summed E-state index contributed by atoms with van der Waals surface area (Å²) in [5, 5.41) is 10.8. The Morgan fingerprint density at radius 2 is 1.96 bits per heavy atom. The second kappa shape index (κ2) is 6.62. The molecule has 0 spiro atoms. The zero-order valence-corrected chi connectivity index (χ0v) is 14.0. The van der Waals surface area contributed by atoms with E-state index in [-0.39, 0.29) is 50.3 Å². The van der Waals surface area contributed by atoms with E-state index < -0.39 is 17.4 Å². The van der Waals surface area contributed by atoms with Crippen LogP contribution in [0.3, 0.4) is 0 Å². The van der Waals surface area contributed by atoms with E-state index in [9.17, 15) is 24.3 Å². The average Bonchev–Trinajstić information content (AvgIpc) is 2.70. The van der Waals surface area contributed by atoms with Crippen molar-refractivity contribution < 1.29 is 24.3 Å². The molecule has 0 aromatic heterocycles. The predicted octanol–water partition coefficient (Wildman–Crippen LogP) is -0.796. The molecule has 0 radical (unpaired) electrons. The van der Waals surface area contributed by atoms with Gasteiger partial charge in [-0.1, -0.05) is 19.9 Å². The third kappa shape index (κ3) is 3.58. The van der Waals surface area contributed by atoms with Crippen molar-refractivity contribution in [3.63, 3.8) is 0 Å². The maximum Gasteiger partial charge on any atom is 0.327 e. The Bertz CT molecular complexity index is 586. The quantitative estimate of drug-likeness (QED) is 0.467.